The molecule has 0 aliphatic heterocycles. The van der Waals surface area contributed by atoms with Crippen LogP contribution in [0, 0.1) is 12.7 Å². The summed E-state index contributed by atoms with van der Waals surface area (Å²) in [4.78, 5) is 27.9. The van der Waals surface area contributed by atoms with Crippen LogP contribution in [0.5, 0.6) is 0 Å². The first kappa shape index (κ1) is 18.1. The van der Waals surface area contributed by atoms with Gasteiger partial charge in [-0.3, -0.25) is 4.79 Å². The Hall–Kier alpha value is -2.67. The van der Waals surface area contributed by atoms with Crippen LogP contribution in [0.4, 0.5) is 10.1 Å². The van der Waals surface area contributed by atoms with E-state index in [9.17, 15) is 14.0 Å². The number of carbonyl (C=O) groups excluding carboxylic acids is 2. The van der Waals surface area contributed by atoms with E-state index in [-0.39, 0.29) is 5.69 Å². The molecule has 1 atom stereocenters. The molecule has 0 aliphatic carbocycles. The van der Waals surface area contributed by atoms with Gasteiger partial charge in [0, 0.05) is 21.1 Å². The summed E-state index contributed by atoms with van der Waals surface area (Å²) in [6.45, 7) is 3.20. The number of halogens is 2. The molecule has 0 aliphatic rings. The number of para-hydroxylation sites is 1. The van der Waals surface area contributed by atoms with Crippen LogP contribution in [0.25, 0.3) is 10.9 Å². The Morgan fingerprint density at radius 1 is 1.23 bits per heavy atom. The van der Waals surface area contributed by atoms with Crippen molar-refractivity contribution in [3.05, 3.63) is 64.0 Å². The van der Waals surface area contributed by atoms with E-state index in [1.165, 1.54) is 19.1 Å². The highest BCUT2D eigenvalue weighted by Gasteiger charge is 2.23. The summed E-state index contributed by atoms with van der Waals surface area (Å²) >= 11 is 3.15. The number of carbonyl (C=O) groups is 2. The Balaban J connectivity index is 1.74. The zero-order chi connectivity index (χ0) is 18.8. The molecule has 0 radical (unpaired) electrons. The summed E-state index contributed by atoms with van der Waals surface area (Å²) in [5.41, 5.74) is 1.87. The number of aromatic nitrogens is 1. The van der Waals surface area contributed by atoms with Crippen LogP contribution in [0.3, 0.4) is 0 Å². The molecule has 7 heteroatoms. The molecule has 0 spiro atoms. The molecule has 0 bridgehead atoms. The molecular formula is C19H16BrFN2O3. The summed E-state index contributed by atoms with van der Waals surface area (Å²) in [5, 5.41) is 3.14. The van der Waals surface area contributed by atoms with E-state index >= 15 is 0 Å². The second-order valence-corrected chi connectivity index (χ2v) is 6.75. The van der Waals surface area contributed by atoms with E-state index in [1.54, 1.807) is 19.1 Å². The molecule has 0 saturated heterocycles. The van der Waals surface area contributed by atoms with Crippen LogP contribution >= 0.6 is 15.9 Å². The first-order chi connectivity index (χ1) is 12.4. The van der Waals surface area contributed by atoms with Gasteiger partial charge in [-0.1, -0.05) is 34.1 Å². The van der Waals surface area contributed by atoms with Crippen LogP contribution in [-0.4, -0.2) is 23.0 Å². The lowest BCUT2D eigenvalue weighted by atomic mass is 10.1. The van der Waals surface area contributed by atoms with Crippen LogP contribution in [0.1, 0.15) is 23.0 Å². The Morgan fingerprint density at radius 2 is 1.96 bits per heavy atom. The van der Waals surface area contributed by atoms with Crippen molar-refractivity contribution in [2.75, 3.05) is 5.32 Å². The molecule has 2 N–H and O–H groups in total. The zero-order valence-corrected chi connectivity index (χ0v) is 15.7. The third-order valence-corrected chi connectivity index (χ3v) is 4.43. The van der Waals surface area contributed by atoms with Gasteiger partial charge in [0.2, 0.25) is 0 Å². The van der Waals surface area contributed by atoms with Gasteiger partial charge >= 0.3 is 5.97 Å². The maximum Gasteiger partial charge on any atom is 0.341 e. The molecule has 0 fully saturated rings. The smallest absolute Gasteiger partial charge is 0.341 e. The van der Waals surface area contributed by atoms with E-state index in [1.807, 2.05) is 18.2 Å². The number of fused-ring (bicyclic) bond motifs is 1. The highest BCUT2D eigenvalue weighted by Crippen LogP contribution is 2.23. The van der Waals surface area contributed by atoms with E-state index in [0.717, 1.165) is 10.9 Å². The van der Waals surface area contributed by atoms with Gasteiger partial charge < -0.3 is 15.0 Å². The molecule has 1 aromatic heterocycles. The SMILES string of the molecule is Cc1[nH]c2ccccc2c1C(=O)OC(C)C(=O)Nc1ccc(Br)cc1F. The Bertz CT molecular complexity index is 1000. The van der Waals surface area contributed by atoms with Crippen molar-refractivity contribution in [3.8, 4) is 0 Å². The van der Waals surface area contributed by atoms with Crippen molar-refractivity contribution in [2.45, 2.75) is 20.0 Å². The number of ether oxygens (including phenoxy) is 1. The van der Waals surface area contributed by atoms with Gasteiger partial charge in [0.1, 0.15) is 5.82 Å². The number of H-pyrrole nitrogens is 1. The molecule has 3 rings (SSSR count). The number of benzene rings is 2. The highest BCUT2D eigenvalue weighted by molar-refractivity contribution is 9.10. The Kier molecular flexibility index (Phi) is 5.08. The molecule has 134 valence electrons. The summed E-state index contributed by atoms with van der Waals surface area (Å²) < 4.78 is 19.7. The summed E-state index contributed by atoms with van der Waals surface area (Å²) in [6.07, 6.45) is -1.08. The van der Waals surface area contributed by atoms with E-state index < -0.39 is 23.8 Å². The Labute approximate surface area is 157 Å². The molecule has 1 amide bonds. The third-order valence-electron chi connectivity index (χ3n) is 3.94. The molecule has 0 saturated carbocycles. The van der Waals surface area contributed by atoms with Gasteiger partial charge in [0.25, 0.3) is 5.91 Å². The number of rotatable bonds is 4. The first-order valence-corrected chi connectivity index (χ1v) is 8.70. The topological polar surface area (TPSA) is 71.2 Å². The molecule has 5 nitrogen and oxygen atoms in total. The van der Waals surface area contributed by atoms with Crippen LogP contribution in [0.2, 0.25) is 0 Å². The van der Waals surface area contributed by atoms with E-state index in [4.69, 9.17) is 4.74 Å². The summed E-state index contributed by atoms with van der Waals surface area (Å²) in [6, 6.07) is 11.6. The van der Waals surface area contributed by atoms with Crippen LogP contribution in [-0.2, 0) is 9.53 Å². The van der Waals surface area contributed by atoms with Gasteiger partial charge in [-0.15, -0.1) is 0 Å². The lowest BCUT2D eigenvalue weighted by Crippen LogP contribution is -2.30. The Morgan fingerprint density at radius 3 is 2.69 bits per heavy atom. The van der Waals surface area contributed by atoms with Gasteiger partial charge in [0.05, 0.1) is 11.3 Å². The lowest BCUT2D eigenvalue weighted by molar-refractivity contribution is -0.123. The number of hydrogen-bond acceptors (Lipinski definition) is 3. The summed E-state index contributed by atoms with van der Waals surface area (Å²) in [7, 11) is 0. The highest BCUT2D eigenvalue weighted by atomic mass is 79.9. The second-order valence-electron chi connectivity index (χ2n) is 5.83. The van der Waals surface area contributed by atoms with Crippen molar-refractivity contribution in [3.63, 3.8) is 0 Å². The van der Waals surface area contributed by atoms with Gasteiger partial charge in [-0.25, -0.2) is 9.18 Å². The largest absolute Gasteiger partial charge is 0.449 e. The van der Waals surface area contributed by atoms with Gasteiger partial charge in [-0.05, 0) is 38.1 Å². The third kappa shape index (κ3) is 3.62. The van der Waals surface area contributed by atoms with E-state index in [2.05, 4.69) is 26.2 Å². The molecule has 1 heterocycles. The fourth-order valence-corrected chi connectivity index (χ4v) is 2.97. The number of aryl methyl sites for hydroxylation is 1. The minimum atomic E-state index is -1.08. The van der Waals surface area contributed by atoms with Crippen LogP contribution in [0.15, 0.2) is 46.9 Å². The van der Waals surface area contributed by atoms with Crippen molar-refractivity contribution in [1.82, 2.24) is 4.98 Å². The fourth-order valence-electron chi connectivity index (χ4n) is 2.64. The second kappa shape index (κ2) is 7.29. The quantitative estimate of drug-likeness (QED) is 0.609. The number of anilines is 1. The summed E-state index contributed by atoms with van der Waals surface area (Å²) in [5.74, 6) is -1.81. The molecule has 3 aromatic rings. The molecule has 1 unspecified atom stereocenters. The predicted octanol–water partition coefficient (Wildman–Crippen LogP) is 4.56. The predicted molar refractivity (Wildman–Crippen MR) is 101 cm³/mol. The molecule has 2 aromatic carbocycles. The van der Waals surface area contributed by atoms with Crippen LogP contribution < -0.4 is 5.32 Å². The monoisotopic (exact) mass is 418 g/mol. The van der Waals surface area contributed by atoms with Gasteiger partial charge in [-0.2, -0.15) is 0 Å². The minimum absolute atomic E-state index is 0.0179. The van der Waals surface area contributed by atoms with E-state index in [0.29, 0.717) is 15.7 Å². The zero-order valence-electron chi connectivity index (χ0n) is 14.1. The van der Waals surface area contributed by atoms with Crippen molar-refractivity contribution in [1.29, 1.82) is 0 Å². The first-order valence-electron chi connectivity index (χ1n) is 7.91. The normalized spacial score (nSPS) is 12.0. The average molecular weight is 419 g/mol. The van der Waals surface area contributed by atoms with Crippen molar-refractivity contribution >= 4 is 44.4 Å². The van der Waals surface area contributed by atoms with Crippen molar-refractivity contribution < 1.29 is 18.7 Å². The maximum atomic E-state index is 13.8. The number of hydrogen-bond donors (Lipinski definition) is 2. The fraction of sp³-hybridized carbons (Fsp3) is 0.158. The number of aromatic amines is 1. The average Bonchev–Trinajstić information content (AvgIpc) is 2.92. The standard InChI is InChI=1S/C19H16BrFN2O3/c1-10-17(13-5-3-4-6-15(13)22-10)19(25)26-11(2)18(24)23-16-8-7-12(20)9-14(16)21/h3-9,11,22H,1-2H3,(H,23,24). The maximum absolute atomic E-state index is 13.8. The molecule has 26 heavy (non-hydrogen) atoms. The minimum Gasteiger partial charge on any atom is -0.449 e. The number of esters is 1. The number of amides is 1. The molecular weight excluding hydrogens is 403 g/mol. The number of nitrogens with one attached hydrogen (secondary N) is 2. The van der Waals surface area contributed by atoms with Gasteiger partial charge in [0.15, 0.2) is 6.10 Å². The van der Waals surface area contributed by atoms with Crippen molar-refractivity contribution in [2.24, 2.45) is 0 Å². The lowest BCUT2D eigenvalue weighted by Gasteiger charge is -2.14.